The maximum absolute atomic E-state index is 11.8. The van der Waals surface area contributed by atoms with Crippen LogP contribution in [0, 0.1) is 0 Å². The lowest BCUT2D eigenvalue weighted by atomic mass is 10.1. The molecular formula is C10H11BrF2O3. The van der Waals surface area contributed by atoms with E-state index in [0.29, 0.717) is 5.56 Å². The molecule has 0 bridgehead atoms. The Bertz CT molecular complexity index is 318. The smallest absolute Gasteiger partial charge is 0.387 e. The highest BCUT2D eigenvalue weighted by atomic mass is 79.9. The van der Waals surface area contributed by atoms with Gasteiger partial charge in [-0.1, -0.05) is 28.1 Å². The summed E-state index contributed by atoms with van der Waals surface area (Å²) in [4.78, 5) is 0. The van der Waals surface area contributed by atoms with Gasteiger partial charge in [0.05, 0.1) is 6.10 Å². The normalized spacial score (nSPS) is 14.9. The summed E-state index contributed by atoms with van der Waals surface area (Å²) in [6.45, 7) is -2.87. The predicted octanol–water partition coefficient (Wildman–Crippen LogP) is 2.08. The molecule has 2 unspecified atom stereocenters. The first-order valence-corrected chi connectivity index (χ1v) is 5.63. The summed E-state index contributed by atoms with van der Waals surface area (Å²) in [5.41, 5.74) is 0.438. The Labute approximate surface area is 99.8 Å². The van der Waals surface area contributed by atoms with Crippen molar-refractivity contribution in [2.45, 2.75) is 18.8 Å². The van der Waals surface area contributed by atoms with Crippen LogP contribution in [0.15, 0.2) is 24.3 Å². The van der Waals surface area contributed by atoms with Crippen molar-refractivity contribution < 1.29 is 23.7 Å². The van der Waals surface area contributed by atoms with Crippen LogP contribution in [0.3, 0.4) is 0 Å². The van der Waals surface area contributed by atoms with E-state index in [1.54, 1.807) is 0 Å². The standard InChI is InChI=1S/C10H11BrF2O3/c11-5-8(14)9(15)6-1-3-7(4-2-6)16-10(12)13/h1-4,8-10,14-15H,5H2. The minimum absolute atomic E-state index is 0.0132. The number of hydrogen-bond donors (Lipinski definition) is 2. The molecule has 0 aliphatic heterocycles. The monoisotopic (exact) mass is 296 g/mol. The van der Waals surface area contributed by atoms with Crippen LogP contribution in [0.4, 0.5) is 8.78 Å². The molecule has 2 N–H and O–H groups in total. The van der Waals surface area contributed by atoms with Crippen molar-refractivity contribution in [2.24, 2.45) is 0 Å². The van der Waals surface area contributed by atoms with E-state index in [1.165, 1.54) is 24.3 Å². The van der Waals surface area contributed by atoms with Gasteiger partial charge < -0.3 is 14.9 Å². The average molecular weight is 297 g/mol. The van der Waals surface area contributed by atoms with Crippen molar-refractivity contribution >= 4 is 15.9 Å². The molecule has 0 saturated heterocycles. The molecule has 1 aromatic carbocycles. The van der Waals surface area contributed by atoms with Gasteiger partial charge in [0.15, 0.2) is 0 Å². The second-order valence-electron chi connectivity index (χ2n) is 3.11. The number of hydrogen-bond acceptors (Lipinski definition) is 3. The topological polar surface area (TPSA) is 49.7 Å². The summed E-state index contributed by atoms with van der Waals surface area (Å²) in [6.07, 6.45) is -2.00. The van der Waals surface area contributed by atoms with Gasteiger partial charge in [-0.15, -0.1) is 0 Å². The van der Waals surface area contributed by atoms with Crippen LogP contribution in [-0.2, 0) is 0 Å². The van der Waals surface area contributed by atoms with Crippen molar-refractivity contribution in [2.75, 3.05) is 5.33 Å². The van der Waals surface area contributed by atoms with Gasteiger partial charge in [0.25, 0.3) is 0 Å². The van der Waals surface area contributed by atoms with Crippen LogP contribution in [-0.4, -0.2) is 28.3 Å². The first-order valence-electron chi connectivity index (χ1n) is 4.51. The fourth-order valence-electron chi connectivity index (χ4n) is 1.15. The van der Waals surface area contributed by atoms with E-state index in [2.05, 4.69) is 20.7 Å². The number of ether oxygens (including phenoxy) is 1. The number of halogens is 3. The fraction of sp³-hybridized carbons (Fsp3) is 0.400. The number of alkyl halides is 3. The summed E-state index contributed by atoms with van der Waals surface area (Å²) in [5, 5.41) is 19.2. The van der Waals surface area contributed by atoms with E-state index >= 15 is 0 Å². The Kier molecular flexibility index (Phi) is 5.11. The highest BCUT2D eigenvalue weighted by Crippen LogP contribution is 2.22. The first kappa shape index (κ1) is 13.3. The van der Waals surface area contributed by atoms with E-state index in [0.717, 1.165) is 0 Å². The molecule has 0 amide bonds. The molecule has 0 spiro atoms. The predicted molar refractivity (Wildman–Crippen MR) is 57.8 cm³/mol. The van der Waals surface area contributed by atoms with E-state index in [-0.39, 0.29) is 11.1 Å². The Morgan fingerprint density at radius 1 is 1.19 bits per heavy atom. The Hall–Kier alpha value is -0.720. The van der Waals surface area contributed by atoms with Crippen molar-refractivity contribution in [1.82, 2.24) is 0 Å². The van der Waals surface area contributed by atoms with Gasteiger partial charge >= 0.3 is 6.61 Å². The third-order valence-corrected chi connectivity index (χ3v) is 2.63. The molecule has 0 aliphatic carbocycles. The van der Waals surface area contributed by atoms with Crippen LogP contribution < -0.4 is 4.74 Å². The molecule has 90 valence electrons. The fourth-order valence-corrected chi connectivity index (χ4v) is 1.51. The molecule has 0 radical (unpaired) electrons. The van der Waals surface area contributed by atoms with E-state index in [4.69, 9.17) is 0 Å². The number of rotatable bonds is 5. The van der Waals surface area contributed by atoms with Crippen molar-refractivity contribution in [3.05, 3.63) is 29.8 Å². The lowest BCUT2D eigenvalue weighted by Crippen LogP contribution is -2.19. The number of benzene rings is 1. The Morgan fingerprint density at radius 2 is 1.75 bits per heavy atom. The van der Waals surface area contributed by atoms with Crippen LogP contribution in [0.2, 0.25) is 0 Å². The van der Waals surface area contributed by atoms with E-state index in [1.807, 2.05) is 0 Å². The van der Waals surface area contributed by atoms with E-state index < -0.39 is 18.8 Å². The molecule has 0 saturated carbocycles. The summed E-state index contributed by atoms with van der Waals surface area (Å²) in [6, 6.07) is 5.47. The van der Waals surface area contributed by atoms with Gasteiger partial charge in [-0.05, 0) is 17.7 Å². The molecule has 2 atom stereocenters. The Morgan fingerprint density at radius 3 is 2.19 bits per heavy atom. The highest BCUT2D eigenvalue weighted by Gasteiger charge is 2.17. The van der Waals surface area contributed by atoms with Gasteiger partial charge in [0.1, 0.15) is 11.9 Å². The zero-order valence-electron chi connectivity index (χ0n) is 8.19. The average Bonchev–Trinajstić information content (AvgIpc) is 2.27. The molecule has 0 aromatic heterocycles. The largest absolute Gasteiger partial charge is 0.435 e. The van der Waals surface area contributed by atoms with Crippen molar-refractivity contribution in [3.8, 4) is 5.75 Å². The third kappa shape index (κ3) is 3.70. The second kappa shape index (κ2) is 6.12. The zero-order valence-corrected chi connectivity index (χ0v) is 9.77. The lowest BCUT2D eigenvalue weighted by Gasteiger charge is -2.16. The van der Waals surface area contributed by atoms with Gasteiger partial charge in [0, 0.05) is 5.33 Å². The van der Waals surface area contributed by atoms with Gasteiger partial charge in [-0.3, -0.25) is 0 Å². The van der Waals surface area contributed by atoms with Crippen molar-refractivity contribution in [3.63, 3.8) is 0 Å². The number of aliphatic hydroxyl groups excluding tert-OH is 2. The maximum Gasteiger partial charge on any atom is 0.387 e. The second-order valence-corrected chi connectivity index (χ2v) is 3.76. The van der Waals surface area contributed by atoms with Crippen LogP contribution >= 0.6 is 15.9 Å². The van der Waals surface area contributed by atoms with Crippen LogP contribution in [0.1, 0.15) is 11.7 Å². The summed E-state index contributed by atoms with van der Waals surface area (Å²) >= 11 is 3.03. The molecule has 16 heavy (non-hydrogen) atoms. The van der Waals surface area contributed by atoms with Gasteiger partial charge in [-0.25, -0.2) is 0 Å². The van der Waals surface area contributed by atoms with E-state index in [9.17, 15) is 19.0 Å². The summed E-state index contributed by atoms with van der Waals surface area (Å²) in [7, 11) is 0. The minimum Gasteiger partial charge on any atom is -0.435 e. The van der Waals surface area contributed by atoms with Gasteiger partial charge in [-0.2, -0.15) is 8.78 Å². The van der Waals surface area contributed by atoms with Crippen LogP contribution in [0.5, 0.6) is 5.75 Å². The van der Waals surface area contributed by atoms with Gasteiger partial charge in [0.2, 0.25) is 0 Å². The molecule has 6 heteroatoms. The quantitative estimate of drug-likeness (QED) is 0.818. The molecule has 1 rings (SSSR count). The number of aliphatic hydroxyl groups is 2. The molecular weight excluding hydrogens is 286 g/mol. The highest BCUT2D eigenvalue weighted by molar-refractivity contribution is 9.09. The third-order valence-electron chi connectivity index (χ3n) is 1.97. The summed E-state index contributed by atoms with van der Waals surface area (Å²) in [5.74, 6) is 0.0132. The first-order chi connectivity index (χ1) is 7.54. The lowest BCUT2D eigenvalue weighted by molar-refractivity contribution is -0.0499. The molecule has 0 heterocycles. The molecule has 0 aliphatic rings. The summed E-state index contributed by atoms with van der Waals surface area (Å²) < 4.78 is 27.8. The maximum atomic E-state index is 11.8. The minimum atomic E-state index is -2.87. The molecule has 1 aromatic rings. The SMILES string of the molecule is OC(CBr)C(O)c1ccc(OC(F)F)cc1. The van der Waals surface area contributed by atoms with Crippen LogP contribution in [0.25, 0.3) is 0 Å². The zero-order chi connectivity index (χ0) is 12.1. The molecule has 3 nitrogen and oxygen atoms in total. The Balaban J connectivity index is 2.70. The molecule has 0 fully saturated rings. The van der Waals surface area contributed by atoms with Crippen molar-refractivity contribution in [1.29, 1.82) is 0 Å².